The van der Waals surface area contributed by atoms with Crippen molar-refractivity contribution in [2.24, 2.45) is 0 Å². The SMILES string of the molecule is Cc1cccc2c1ccn2-c1ccccc1C(=O)O. The smallest absolute Gasteiger partial charge is 0.337 e. The number of carbonyl (C=O) groups is 1. The van der Waals surface area contributed by atoms with Crippen LogP contribution in [0.5, 0.6) is 0 Å². The van der Waals surface area contributed by atoms with Crippen LogP contribution in [-0.4, -0.2) is 15.6 Å². The third kappa shape index (κ3) is 1.80. The Labute approximate surface area is 110 Å². The number of nitrogens with zero attached hydrogens (tertiary/aromatic N) is 1. The molecule has 3 aromatic rings. The van der Waals surface area contributed by atoms with Gasteiger partial charge in [-0.25, -0.2) is 4.79 Å². The summed E-state index contributed by atoms with van der Waals surface area (Å²) in [5, 5.41) is 10.4. The minimum atomic E-state index is -0.912. The number of para-hydroxylation sites is 1. The minimum Gasteiger partial charge on any atom is -0.478 e. The number of hydrogen-bond acceptors (Lipinski definition) is 1. The summed E-state index contributed by atoms with van der Waals surface area (Å²) in [5.41, 5.74) is 3.20. The van der Waals surface area contributed by atoms with Crippen LogP contribution in [0.2, 0.25) is 0 Å². The average molecular weight is 251 g/mol. The summed E-state index contributed by atoms with van der Waals surface area (Å²) < 4.78 is 1.92. The van der Waals surface area contributed by atoms with E-state index in [0.29, 0.717) is 11.3 Å². The van der Waals surface area contributed by atoms with E-state index in [2.05, 4.69) is 13.0 Å². The molecule has 3 rings (SSSR count). The Kier molecular flexibility index (Phi) is 2.60. The van der Waals surface area contributed by atoms with Crippen molar-refractivity contribution in [3.63, 3.8) is 0 Å². The second-order valence-electron chi connectivity index (χ2n) is 4.52. The molecule has 94 valence electrons. The van der Waals surface area contributed by atoms with Crippen LogP contribution in [-0.2, 0) is 0 Å². The largest absolute Gasteiger partial charge is 0.478 e. The van der Waals surface area contributed by atoms with Gasteiger partial charge in [0.25, 0.3) is 0 Å². The monoisotopic (exact) mass is 251 g/mol. The lowest BCUT2D eigenvalue weighted by Crippen LogP contribution is -2.04. The van der Waals surface area contributed by atoms with Crippen molar-refractivity contribution in [1.82, 2.24) is 4.57 Å². The van der Waals surface area contributed by atoms with Crippen molar-refractivity contribution < 1.29 is 9.90 Å². The molecule has 0 saturated heterocycles. The van der Waals surface area contributed by atoms with Gasteiger partial charge in [0.15, 0.2) is 0 Å². The maximum absolute atomic E-state index is 11.3. The first-order valence-electron chi connectivity index (χ1n) is 6.08. The third-order valence-corrected chi connectivity index (χ3v) is 3.34. The van der Waals surface area contributed by atoms with E-state index < -0.39 is 5.97 Å². The average Bonchev–Trinajstić information content (AvgIpc) is 2.84. The van der Waals surface area contributed by atoms with Crippen molar-refractivity contribution in [2.75, 3.05) is 0 Å². The highest BCUT2D eigenvalue weighted by molar-refractivity contribution is 5.94. The molecular weight excluding hydrogens is 238 g/mol. The molecule has 0 radical (unpaired) electrons. The summed E-state index contributed by atoms with van der Waals surface area (Å²) in [6, 6.07) is 15.1. The molecule has 0 bridgehead atoms. The molecule has 0 saturated carbocycles. The molecule has 0 atom stereocenters. The van der Waals surface area contributed by atoms with Crippen LogP contribution in [0.15, 0.2) is 54.7 Å². The van der Waals surface area contributed by atoms with E-state index in [1.54, 1.807) is 12.1 Å². The van der Waals surface area contributed by atoms with Gasteiger partial charge in [-0.2, -0.15) is 0 Å². The van der Waals surface area contributed by atoms with Crippen molar-refractivity contribution in [3.05, 3.63) is 65.9 Å². The second kappa shape index (κ2) is 4.28. The maximum atomic E-state index is 11.3. The first-order chi connectivity index (χ1) is 9.18. The summed E-state index contributed by atoms with van der Waals surface area (Å²) in [7, 11) is 0. The molecule has 0 unspecified atom stereocenters. The third-order valence-electron chi connectivity index (χ3n) is 3.34. The summed E-state index contributed by atoms with van der Waals surface area (Å²) in [5.74, 6) is -0.912. The van der Waals surface area contributed by atoms with Crippen LogP contribution >= 0.6 is 0 Å². The highest BCUT2D eigenvalue weighted by Crippen LogP contribution is 2.25. The Morgan fingerprint density at radius 1 is 1.05 bits per heavy atom. The number of aryl methyl sites for hydroxylation is 1. The van der Waals surface area contributed by atoms with Gasteiger partial charge in [0.1, 0.15) is 0 Å². The van der Waals surface area contributed by atoms with Crippen LogP contribution in [0, 0.1) is 6.92 Å². The number of aromatic nitrogens is 1. The molecule has 0 amide bonds. The van der Waals surface area contributed by atoms with Gasteiger partial charge in [-0.05, 0) is 36.8 Å². The Bertz CT molecular complexity index is 771. The molecule has 19 heavy (non-hydrogen) atoms. The Morgan fingerprint density at radius 3 is 2.63 bits per heavy atom. The van der Waals surface area contributed by atoms with E-state index in [1.807, 2.05) is 41.1 Å². The van der Waals surface area contributed by atoms with Gasteiger partial charge in [-0.3, -0.25) is 0 Å². The van der Waals surface area contributed by atoms with Crippen LogP contribution in [0.4, 0.5) is 0 Å². The first-order valence-corrected chi connectivity index (χ1v) is 6.08. The Hall–Kier alpha value is -2.55. The first kappa shape index (κ1) is 11.5. The van der Waals surface area contributed by atoms with Gasteiger partial charge in [0, 0.05) is 11.6 Å². The number of fused-ring (bicyclic) bond motifs is 1. The van der Waals surface area contributed by atoms with Crippen LogP contribution in [0.1, 0.15) is 15.9 Å². The summed E-state index contributed by atoms with van der Waals surface area (Å²) in [6.07, 6.45) is 1.92. The van der Waals surface area contributed by atoms with E-state index in [9.17, 15) is 9.90 Å². The fourth-order valence-electron chi connectivity index (χ4n) is 2.40. The lowest BCUT2D eigenvalue weighted by molar-refractivity contribution is 0.0697. The molecule has 1 aromatic heterocycles. The predicted molar refractivity (Wildman–Crippen MR) is 75.0 cm³/mol. The van der Waals surface area contributed by atoms with Gasteiger partial charge in [0.2, 0.25) is 0 Å². The van der Waals surface area contributed by atoms with E-state index in [-0.39, 0.29) is 0 Å². The Balaban J connectivity index is 2.32. The number of carboxylic acids is 1. The molecule has 1 heterocycles. The molecule has 3 heteroatoms. The Morgan fingerprint density at radius 2 is 1.84 bits per heavy atom. The fraction of sp³-hybridized carbons (Fsp3) is 0.0625. The van der Waals surface area contributed by atoms with Gasteiger partial charge in [0.05, 0.1) is 16.8 Å². The van der Waals surface area contributed by atoms with Gasteiger partial charge >= 0.3 is 5.97 Å². The molecule has 0 spiro atoms. The van der Waals surface area contributed by atoms with E-state index in [0.717, 1.165) is 10.9 Å². The van der Waals surface area contributed by atoms with Crippen molar-refractivity contribution in [3.8, 4) is 5.69 Å². The lowest BCUT2D eigenvalue weighted by atomic mass is 10.1. The maximum Gasteiger partial charge on any atom is 0.337 e. The highest BCUT2D eigenvalue weighted by Gasteiger charge is 2.12. The summed E-state index contributed by atoms with van der Waals surface area (Å²) >= 11 is 0. The zero-order chi connectivity index (χ0) is 13.4. The number of aromatic carboxylic acids is 1. The number of hydrogen-bond donors (Lipinski definition) is 1. The molecule has 3 nitrogen and oxygen atoms in total. The van der Waals surface area contributed by atoms with E-state index in [1.165, 1.54) is 5.56 Å². The molecule has 0 aliphatic rings. The van der Waals surface area contributed by atoms with Crippen molar-refractivity contribution in [2.45, 2.75) is 6.92 Å². The lowest BCUT2D eigenvalue weighted by Gasteiger charge is -2.09. The van der Waals surface area contributed by atoms with Crippen molar-refractivity contribution in [1.29, 1.82) is 0 Å². The standard InChI is InChI=1S/C16H13NO2/c1-11-5-4-8-14-12(11)9-10-17(14)15-7-3-2-6-13(15)16(18)19/h2-10H,1H3,(H,18,19). The van der Waals surface area contributed by atoms with Gasteiger partial charge in [-0.1, -0.05) is 24.3 Å². The molecular formula is C16H13NO2. The number of rotatable bonds is 2. The van der Waals surface area contributed by atoms with Crippen LogP contribution < -0.4 is 0 Å². The van der Waals surface area contributed by atoms with E-state index >= 15 is 0 Å². The van der Waals surface area contributed by atoms with Crippen molar-refractivity contribution >= 4 is 16.9 Å². The molecule has 0 aliphatic carbocycles. The van der Waals surface area contributed by atoms with Crippen LogP contribution in [0.25, 0.3) is 16.6 Å². The fourth-order valence-corrected chi connectivity index (χ4v) is 2.40. The molecule has 1 N–H and O–H groups in total. The quantitative estimate of drug-likeness (QED) is 0.755. The number of carboxylic acid groups (broad SMARTS) is 1. The molecule has 0 fully saturated rings. The molecule has 0 aliphatic heterocycles. The highest BCUT2D eigenvalue weighted by atomic mass is 16.4. The normalized spacial score (nSPS) is 10.8. The zero-order valence-electron chi connectivity index (χ0n) is 10.5. The van der Waals surface area contributed by atoms with Gasteiger partial charge in [-0.15, -0.1) is 0 Å². The second-order valence-corrected chi connectivity index (χ2v) is 4.52. The van der Waals surface area contributed by atoms with Gasteiger partial charge < -0.3 is 9.67 Å². The minimum absolute atomic E-state index is 0.307. The summed E-state index contributed by atoms with van der Waals surface area (Å²) in [6.45, 7) is 2.05. The topological polar surface area (TPSA) is 42.2 Å². The summed E-state index contributed by atoms with van der Waals surface area (Å²) in [4.78, 5) is 11.3. The predicted octanol–water partition coefficient (Wildman–Crippen LogP) is 3.64. The van der Waals surface area contributed by atoms with Crippen LogP contribution in [0.3, 0.4) is 0 Å². The number of benzene rings is 2. The van der Waals surface area contributed by atoms with E-state index in [4.69, 9.17) is 0 Å². The molecule has 2 aromatic carbocycles. The zero-order valence-corrected chi connectivity index (χ0v) is 10.5.